The molecule has 0 fully saturated rings. The Balaban J connectivity index is 1.41. The molecule has 0 saturated heterocycles. The average molecular weight is 601 g/mol. The number of rotatable bonds is 9. The Hall–Kier alpha value is -5.09. The maximum absolute atomic E-state index is 5.61. The zero-order valence-electron chi connectivity index (χ0n) is 26.5. The SMILES string of the molecule is CCC(CC/C=C\N)C1=NC=C(c2c3ccccc3c(-c3ccc(-c4ccccn4)nc3)c3ccc(C4=CCCC=C4)cc23)CC1. The van der Waals surface area contributed by atoms with Crippen molar-refractivity contribution in [1.29, 1.82) is 0 Å². The summed E-state index contributed by atoms with van der Waals surface area (Å²) in [5.74, 6) is 0.489. The standard InChI is InChI=1S/C42H40N4/c1-2-29(12-8-10-24-43)38-22-19-33(27-45-38)42-35-16-7-6-15-34(35)41(32-20-23-40(46-28-32)39-17-9-11-25-44-39)36-21-18-31(26-37(36)42)30-13-4-3-5-14-30/h4,6-7,9-11,13-18,20-21,23-29H,2-3,5,8,12,19,22,43H2,1H3/b24-10-. The number of hydrogen-bond acceptors (Lipinski definition) is 4. The molecule has 228 valence electrons. The van der Waals surface area contributed by atoms with Gasteiger partial charge in [-0.25, -0.2) is 0 Å². The lowest BCUT2D eigenvalue weighted by molar-refractivity contribution is 0.601. The number of hydrogen-bond donors (Lipinski definition) is 1. The van der Waals surface area contributed by atoms with E-state index in [0.717, 1.165) is 61.9 Å². The summed E-state index contributed by atoms with van der Waals surface area (Å²) >= 11 is 0. The number of fused-ring (bicyclic) bond motifs is 2. The Bertz CT molecular complexity index is 2030. The maximum Gasteiger partial charge on any atom is 0.0886 e. The van der Waals surface area contributed by atoms with Gasteiger partial charge in [0.2, 0.25) is 0 Å². The molecule has 2 N–H and O–H groups in total. The summed E-state index contributed by atoms with van der Waals surface area (Å²) in [5.41, 5.74) is 16.2. The van der Waals surface area contributed by atoms with Crippen LogP contribution in [-0.2, 0) is 0 Å². The van der Waals surface area contributed by atoms with Gasteiger partial charge in [0.05, 0.1) is 11.4 Å². The van der Waals surface area contributed by atoms with E-state index < -0.39 is 0 Å². The van der Waals surface area contributed by atoms with Crippen LogP contribution in [0.1, 0.15) is 63.0 Å². The second-order valence-electron chi connectivity index (χ2n) is 12.2. The third-order valence-corrected chi connectivity index (χ3v) is 9.47. The van der Waals surface area contributed by atoms with Crippen molar-refractivity contribution >= 4 is 38.4 Å². The lowest BCUT2D eigenvalue weighted by Gasteiger charge is -2.24. The van der Waals surface area contributed by atoms with Crippen LogP contribution < -0.4 is 5.73 Å². The third kappa shape index (κ3) is 5.83. The molecule has 4 nitrogen and oxygen atoms in total. The lowest BCUT2D eigenvalue weighted by Crippen LogP contribution is -2.16. The first-order valence-corrected chi connectivity index (χ1v) is 16.6. The molecule has 3 heterocycles. The van der Waals surface area contributed by atoms with Gasteiger partial charge >= 0.3 is 0 Å². The van der Waals surface area contributed by atoms with Crippen molar-refractivity contribution in [1.82, 2.24) is 9.97 Å². The number of nitrogens with zero attached hydrogens (tertiary/aromatic N) is 3. The van der Waals surface area contributed by atoms with Crippen molar-refractivity contribution in [3.63, 3.8) is 0 Å². The van der Waals surface area contributed by atoms with E-state index in [-0.39, 0.29) is 0 Å². The van der Waals surface area contributed by atoms with E-state index in [9.17, 15) is 0 Å². The largest absolute Gasteiger partial charge is 0.405 e. The molecule has 0 saturated carbocycles. The summed E-state index contributed by atoms with van der Waals surface area (Å²) in [7, 11) is 0. The number of nitrogens with two attached hydrogens (primary N) is 1. The van der Waals surface area contributed by atoms with Gasteiger partial charge in [-0.05, 0) is 131 Å². The molecule has 0 amide bonds. The van der Waals surface area contributed by atoms with Gasteiger partial charge < -0.3 is 5.73 Å². The molecule has 1 atom stereocenters. The molecule has 4 heteroatoms. The second-order valence-corrected chi connectivity index (χ2v) is 12.2. The van der Waals surface area contributed by atoms with Gasteiger partial charge in [0.25, 0.3) is 0 Å². The topological polar surface area (TPSA) is 64.2 Å². The lowest BCUT2D eigenvalue weighted by atomic mass is 9.82. The Labute approximate surface area is 271 Å². The molecule has 0 spiro atoms. The highest BCUT2D eigenvalue weighted by Gasteiger charge is 2.22. The fraction of sp³-hybridized carbons (Fsp3) is 0.214. The van der Waals surface area contributed by atoms with Crippen LogP contribution in [0.3, 0.4) is 0 Å². The maximum atomic E-state index is 5.61. The molecule has 0 radical (unpaired) electrons. The van der Waals surface area contributed by atoms with Crippen LogP contribution in [0.15, 0.2) is 127 Å². The molecule has 3 aromatic carbocycles. The zero-order valence-corrected chi connectivity index (χ0v) is 26.5. The van der Waals surface area contributed by atoms with E-state index in [2.05, 4.69) is 97.0 Å². The quantitative estimate of drug-likeness (QED) is 0.171. The molecule has 1 unspecified atom stereocenters. The smallest absolute Gasteiger partial charge is 0.0886 e. The highest BCUT2D eigenvalue weighted by molar-refractivity contribution is 6.19. The highest BCUT2D eigenvalue weighted by atomic mass is 14.8. The zero-order chi connectivity index (χ0) is 31.3. The van der Waals surface area contributed by atoms with Gasteiger partial charge in [-0.1, -0.05) is 79.8 Å². The van der Waals surface area contributed by atoms with Crippen LogP contribution in [0.4, 0.5) is 0 Å². The van der Waals surface area contributed by atoms with Crippen LogP contribution in [-0.4, -0.2) is 15.7 Å². The van der Waals surface area contributed by atoms with E-state index in [4.69, 9.17) is 15.7 Å². The van der Waals surface area contributed by atoms with E-state index in [1.807, 2.05) is 30.6 Å². The predicted octanol–water partition coefficient (Wildman–Crippen LogP) is 10.7. The number of allylic oxidation sites excluding steroid dienone is 6. The first-order valence-electron chi connectivity index (χ1n) is 16.6. The van der Waals surface area contributed by atoms with Gasteiger partial charge in [0.15, 0.2) is 0 Å². The molecule has 46 heavy (non-hydrogen) atoms. The van der Waals surface area contributed by atoms with E-state index in [1.165, 1.54) is 55.1 Å². The van der Waals surface area contributed by atoms with Gasteiger partial charge in [0, 0.05) is 29.9 Å². The minimum Gasteiger partial charge on any atom is -0.405 e. The van der Waals surface area contributed by atoms with Crippen molar-refractivity contribution in [2.24, 2.45) is 16.6 Å². The van der Waals surface area contributed by atoms with Crippen molar-refractivity contribution in [2.45, 2.75) is 51.9 Å². The van der Waals surface area contributed by atoms with Crippen LogP contribution in [0.25, 0.3) is 55.2 Å². The van der Waals surface area contributed by atoms with Crippen LogP contribution in [0, 0.1) is 5.92 Å². The molecular weight excluding hydrogens is 560 g/mol. The normalized spacial score (nSPS) is 15.6. The van der Waals surface area contributed by atoms with Gasteiger partial charge in [-0.15, -0.1) is 0 Å². The number of benzene rings is 3. The average Bonchev–Trinajstić information content (AvgIpc) is 3.13. The first kappa shape index (κ1) is 29.6. The molecule has 2 aliphatic rings. The van der Waals surface area contributed by atoms with Gasteiger partial charge in [0.1, 0.15) is 0 Å². The third-order valence-electron chi connectivity index (χ3n) is 9.47. The summed E-state index contributed by atoms with van der Waals surface area (Å²) < 4.78 is 0. The van der Waals surface area contributed by atoms with Crippen LogP contribution >= 0.6 is 0 Å². The molecular formula is C42H40N4. The summed E-state index contributed by atoms with van der Waals surface area (Å²) in [6.45, 7) is 2.27. The summed E-state index contributed by atoms with van der Waals surface area (Å²) in [5, 5.41) is 5.00. The molecule has 1 aliphatic carbocycles. The van der Waals surface area contributed by atoms with Crippen molar-refractivity contribution in [2.75, 3.05) is 0 Å². The predicted molar refractivity (Wildman–Crippen MR) is 195 cm³/mol. The summed E-state index contributed by atoms with van der Waals surface area (Å²) in [6, 6.07) is 26.1. The van der Waals surface area contributed by atoms with Crippen LogP contribution in [0.2, 0.25) is 0 Å². The van der Waals surface area contributed by atoms with Gasteiger partial charge in [-0.3, -0.25) is 15.0 Å². The highest BCUT2D eigenvalue weighted by Crippen LogP contribution is 2.44. The van der Waals surface area contributed by atoms with Crippen molar-refractivity contribution in [3.8, 4) is 22.5 Å². The second kappa shape index (κ2) is 13.5. The Kier molecular flexibility index (Phi) is 8.69. The Morgan fingerprint density at radius 1 is 0.804 bits per heavy atom. The number of pyridine rings is 2. The Morgan fingerprint density at radius 2 is 1.61 bits per heavy atom. The fourth-order valence-electron chi connectivity index (χ4n) is 7.10. The number of aromatic nitrogens is 2. The minimum absolute atomic E-state index is 0.489. The van der Waals surface area contributed by atoms with Crippen molar-refractivity contribution in [3.05, 3.63) is 133 Å². The van der Waals surface area contributed by atoms with Crippen LogP contribution in [0.5, 0.6) is 0 Å². The fourth-order valence-corrected chi connectivity index (χ4v) is 7.10. The Morgan fingerprint density at radius 3 is 2.30 bits per heavy atom. The molecule has 5 aromatic rings. The van der Waals surface area contributed by atoms with E-state index in [1.54, 1.807) is 6.20 Å². The minimum atomic E-state index is 0.489. The van der Waals surface area contributed by atoms with E-state index in [0.29, 0.717) is 5.92 Å². The summed E-state index contributed by atoms with van der Waals surface area (Å²) in [6.07, 6.45) is 24.0. The van der Waals surface area contributed by atoms with E-state index >= 15 is 0 Å². The van der Waals surface area contributed by atoms with Gasteiger partial charge in [-0.2, -0.15) is 0 Å². The number of aliphatic imine (C=N–C) groups is 1. The molecule has 2 aromatic heterocycles. The molecule has 0 bridgehead atoms. The summed E-state index contributed by atoms with van der Waals surface area (Å²) in [4.78, 5) is 14.5. The molecule has 7 rings (SSSR count). The first-order chi connectivity index (χ1) is 22.7. The monoisotopic (exact) mass is 600 g/mol. The van der Waals surface area contributed by atoms with Crippen molar-refractivity contribution < 1.29 is 0 Å². The molecule has 1 aliphatic heterocycles.